The van der Waals surface area contributed by atoms with E-state index in [0.29, 0.717) is 11.1 Å². The van der Waals surface area contributed by atoms with Gasteiger partial charge in [0.25, 0.3) is 5.91 Å². The second-order valence-corrected chi connectivity index (χ2v) is 9.33. The number of carbonyl (C=O) groups excluding carboxylic acids is 1. The van der Waals surface area contributed by atoms with E-state index in [2.05, 4.69) is 14.8 Å². The first-order valence-electron chi connectivity index (χ1n) is 10.1. The molecule has 9 heteroatoms. The summed E-state index contributed by atoms with van der Waals surface area (Å²) in [5, 5.41) is 2.54. The number of halogens is 2. The van der Waals surface area contributed by atoms with Crippen LogP contribution in [0.3, 0.4) is 0 Å². The average molecular weight is 475 g/mol. The summed E-state index contributed by atoms with van der Waals surface area (Å²) in [7, 11) is -3.60. The van der Waals surface area contributed by atoms with Crippen LogP contribution in [-0.2, 0) is 22.3 Å². The third-order valence-corrected chi connectivity index (χ3v) is 6.26. The minimum absolute atomic E-state index is 0.000618. The molecule has 0 saturated carbocycles. The number of rotatable bonds is 9. The minimum atomic E-state index is -3.60. The molecule has 3 aromatic rings. The van der Waals surface area contributed by atoms with E-state index in [1.165, 1.54) is 24.3 Å². The van der Waals surface area contributed by atoms with Gasteiger partial charge >= 0.3 is 6.61 Å². The van der Waals surface area contributed by atoms with Crippen molar-refractivity contribution < 1.29 is 26.7 Å². The number of sulfonamides is 1. The monoisotopic (exact) mass is 474 g/mol. The van der Waals surface area contributed by atoms with Crippen LogP contribution in [0.15, 0.2) is 66.7 Å². The van der Waals surface area contributed by atoms with Gasteiger partial charge in [0.2, 0.25) is 10.0 Å². The van der Waals surface area contributed by atoms with Gasteiger partial charge in [-0.25, -0.2) is 13.1 Å². The van der Waals surface area contributed by atoms with Gasteiger partial charge in [-0.15, -0.1) is 0 Å². The van der Waals surface area contributed by atoms with E-state index in [4.69, 9.17) is 0 Å². The zero-order valence-electron chi connectivity index (χ0n) is 18.1. The molecule has 1 amide bonds. The molecule has 3 rings (SSSR count). The van der Waals surface area contributed by atoms with Crippen LogP contribution in [0.5, 0.6) is 5.75 Å². The highest BCUT2D eigenvalue weighted by Crippen LogP contribution is 2.26. The third kappa shape index (κ3) is 7.10. The van der Waals surface area contributed by atoms with E-state index >= 15 is 0 Å². The standard InChI is InChI=1S/C24H24F2N2O4S/c1-16-10-11-19(12-17(16)2)15-33(30,31)27-14-18-6-5-7-20(13-18)23(29)28-21-8-3-4-9-22(21)32-24(25)26/h3-13,24,27H,14-15H2,1-2H3,(H,28,29). The molecule has 0 heterocycles. The van der Waals surface area contributed by atoms with Gasteiger partial charge in [0.1, 0.15) is 5.75 Å². The number of anilines is 1. The van der Waals surface area contributed by atoms with E-state index in [1.807, 2.05) is 26.0 Å². The van der Waals surface area contributed by atoms with Gasteiger partial charge in [0, 0.05) is 12.1 Å². The van der Waals surface area contributed by atoms with Crippen LogP contribution in [0.25, 0.3) is 0 Å². The lowest BCUT2D eigenvalue weighted by Crippen LogP contribution is -2.25. The van der Waals surface area contributed by atoms with Gasteiger partial charge in [0.05, 0.1) is 11.4 Å². The van der Waals surface area contributed by atoms with Crippen molar-refractivity contribution in [1.82, 2.24) is 4.72 Å². The lowest BCUT2D eigenvalue weighted by molar-refractivity contribution is -0.0493. The molecule has 0 radical (unpaired) electrons. The zero-order valence-corrected chi connectivity index (χ0v) is 19.0. The molecular formula is C24H24F2N2O4S. The van der Waals surface area contributed by atoms with Crippen LogP contribution < -0.4 is 14.8 Å². The molecule has 0 saturated heterocycles. The van der Waals surface area contributed by atoms with Crippen LogP contribution in [0.4, 0.5) is 14.5 Å². The molecule has 0 atom stereocenters. The second kappa shape index (κ2) is 10.5. The summed E-state index contributed by atoms with van der Waals surface area (Å²) in [5.74, 6) is -0.855. The Morgan fingerprint density at radius 2 is 1.70 bits per heavy atom. The summed E-state index contributed by atoms with van der Waals surface area (Å²) in [6.45, 7) is 0.856. The van der Waals surface area contributed by atoms with Gasteiger partial charge in [-0.05, 0) is 60.4 Å². The molecule has 6 nitrogen and oxygen atoms in total. The zero-order chi connectivity index (χ0) is 24.0. The first-order valence-corrected chi connectivity index (χ1v) is 11.8. The molecule has 3 aromatic carbocycles. The SMILES string of the molecule is Cc1ccc(CS(=O)(=O)NCc2cccc(C(=O)Nc3ccccc3OC(F)F)c2)cc1C. The van der Waals surface area contributed by atoms with Crippen LogP contribution in [0, 0.1) is 13.8 Å². The third-order valence-electron chi connectivity index (χ3n) is 4.96. The molecule has 0 spiro atoms. The number of para-hydroxylation sites is 2. The molecule has 0 unspecified atom stereocenters. The first-order chi connectivity index (χ1) is 15.6. The number of aryl methyl sites for hydroxylation is 2. The number of ether oxygens (including phenoxy) is 1. The molecule has 174 valence electrons. The fraction of sp³-hybridized carbons (Fsp3) is 0.208. The summed E-state index contributed by atoms with van der Waals surface area (Å²) < 4.78 is 57.1. The molecule has 0 fully saturated rings. The first kappa shape index (κ1) is 24.3. The Labute approximate surface area is 191 Å². The number of nitrogens with one attached hydrogen (secondary N) is 2. The van der Waals surface area contributed by atoms with Crippen molar-refractivity contribution in [2.75, 3.05) is 5.32 Å². The smallest absolute Gasteiger partial charge is 0.387 e. The Balaban J connectivity index is 1.66. The summed E-state index contributed by atoms with van der Waals surface area (Å²) >= 11 is 0. The Kier molecular flexibility index (Phi) is 7.78. The highest BCUT2D eigenvalue weighted by atomic mass is 32.2. The van der Waals surface area contributed by atoms with Crippen molar-refractivity contribution in [2.24, 2.45) is 0 Å². The van der Waals surface area contributed by atoms with Gasteiger partial charge < -0.3 is 10.1 Å². The quantitative estimate of drug-likeness (QED) is 0.468. The van der Waals surface area contributed by atoms with E-state index in [-0.39, 0.29) is 29.3 Å². The molecule has 0 aromatic heterocycles. The number of hydrogen-bond acceptors (Lipinski definition) is 4. The van der Waals surface area contributed by atoms with E-state index in [1.54, 1.807) is 30.3 Å². The van der Waals surface area contributed by atoms with Gasteiger partial charge in [-0.3, -0.25) is 4.79 Å². The maximum Gasteiger partial charge on any atom is 0.387 e. The Hall–Kier alpha value is -3.30. The lowest BCUT2D eigenvalue weighted by Gasteiger charge is -2.12. The van der Waals surface area contributed by atoms with E-state index in [9.17, 15) is 22.0 Å². The fourth-order valence-corrected chi connectivity index (χ4v) is 4.25. The maximum atomic E-state index is 12.6. The predicted octanol–water partition coefficient (Wildman–Crippen LogP) is 4.78. The Morgan fingerprint density at radius 3 is 2.42 bits per heavy atom. The molecule has 0 aliphatic carbocycles. The predicted molar refractivity (Wildman–Crippen MR) is 123 cm³/mol. The van der Waals surface area contributed by atoms with Crippen molar-refractivity contribution in [2.45, 2.75) is 32.8 Å². The van der Waals surface area contributed by atoms with Crippen LogP contribution in [-0.4, -0.2) is 20.9 Å². The van der Waals surface area contributed by atoms with Crippen molar-refractivity contribution in [3.05, 3.63) is 94.5 Å². The summed E-state index contributed by atoms with van der Waals surface area (Å²) in [6, 6.07) is 17.7. The van der Waals surface area contributed by atoms with Crippen LogP contribution >= 0.6 is 0 Å². The highest BCUT2D eigenvalue weighted by molar-refractivity contribution is 7.88. The number of benzene rings is 3. The molecule has 2 N–H and O–H groups in total. The van der Waals surface area contributed by atoms with E-state index < -0.39 is 22.5 Å². The second-order valence-electron chi connectivity index (χ2n) is 7.53. The maximum absolute atomic E-state index is 12.6. The van der Waals surface area contributed by atoms with Crippen LogP contribution in [0.2, 0.25) is 0 Å². The molecular weight excluding hydrogens is 450 g/mol. The summed E-state index contributed by atoms with van der Waals surface area (Å²) in [4.78, 5) is 12.6. The Morgan fingerprint density at radius 1 is 0.939 bits per heavy atom. The average Bonchev–Trinajstić information content (AvgIpc) is 2.76. The molecule has 33 heavy (non-hydrogen) atoms. The highest BCUT2D eigenvalue weighted by Gasteiger charge is 2.15. The van der Waals surface area contributed by atoms with Crippen LogP contribution in [0.1, 0.15) is 32.6 Å². The fourth-order valence-electron chi connectivity index (χ4n) is 3.14. The number of alkyl halides is 2. The van der Waals surface area contributed by atoms with Gasteiger partial charge in [-0.2, -0.15) is 8.78 Å². The van der Waals surface area contributed by atoms with Gasteiger partial charge in [-0.1, -0.05) is 42.5 Å². The van der Waals surface area contributed by atoms with Crippen molar-refractivity contribution >= 4 is 21.6 Å². The summed E-state index contributed by atoms with van der Waals surface area (Å²) in [5.41, 5.74) is 3.70. The van der Waals surface area contributed by atoms with Gasteiger partial charge in [0.15, 0.2) is 0 Å². The van der Waals surface area contributed by atoms with Crippen molar-refractivity contribution in [3.8, 4) is 5.75 Å². The minimum Gasteiger partial charge on any atom is -0.433 e. The lowest BCUT2D eigenvalue weighted by atomic mass is 10.1. The number of hydrogen-bond donors (Lipinski definition) is 2. The number of carbonyl (C=O) groups is 1. The molecule has 0 aliphatic rings. The normalized spacial score (nSPS) is 11.4. The number of amides is 1. The Bertz CT molecular complexity index is 1250. The molecule has 0 aliphatic heterocycles. The summed E-state index contributed by atoms with van der Waals surface area (Å²) in [6.07, 6.45) is 0. The largest absolute Gasteiger partial charge is 0.433 e. The van der Waals surface area contributed by atoms with Crippen molar-refractivity contribution in [3.63, 3.8) is 0 Å². The topological polar surface area (TPSA) is 84.5 Å². The van der Waals surface area contributed by atoms with E-state index in [0.717, 1.165) is 11.1 Å². The molecule has 0 bridgehead atoms. The van der Waals surface area contributed by atoms with Crippen molar-refractivity contribution in [1.29, 1.82) is 0 Å².